The Morgan fingerprint density at radius 2 is 1.74 bits per heavy atom. The molecule has 0 aliphatic rings. The Morgan fingerprint density at radius 1 is 1.16 bits per heavy atom. The molecule has 0 aliphatic heterocycles. The Balaban J connectivity index is 2.33. The smallest absolute Gasteiger partial charge is 0.406 e. The van der Waals surface area contributed by atoms with Gasteiger partial charge in [-0.3, -0.25) is 0 Å². The van der Waals surface area contributed by atoms with Crippen molar-refractivity contribution in [1.29, 1.82) is 0 Å². The molecule has 0 radical (unpaired) electrons. The predicted molar refractivity (Wildman–Crippen MR) is 73.2 cm³/mol. The molecule has 0 unspecified atom stereocenters. The fraction of sp³-hybridized carbons (Fsp3) is 0.250. The van der Waals surface area contributed by atoms with Crippen molar-refractivity contribution in [2.75, 3.05) is 0 Å². The minimum atomic E-state index is -4.67. The molecule has 2 rings (SSSR count). The molecule has 0 fully saturated rings. The van der Waals surface area contributed by atoms with Crippen LogP contribution in [0.25, 0.3) is 11.1 Å². The second-order valence-corrected chi connectivity index (χ2v) is 4.89. The zero-order chi connectivity index (χ0) is 14.2. The van der Waals surface area contributed by atoms with Crippen LogP contribution < -0.4 is 4.74 Å². The van der Waals surface area contributed by atoms with Gasteiger partial charge in [0.1, 0.15) is 5.75 Å². The molecule has 102 valence electrons. The van der Waals surface area contributed by atoms with E-state index in [2.05, 4.69) is 32.7 Å². The summed E-state index contributed by atoms with van der Waals surface area (Å²) in [7, 11) is 0. The number of halogens is 4. The molecule has 7 heteroatoms. The summed E-state index contributed by atoms with van der Waals surface area (Å²) >= 11 is 2.05. The third-order valence-corrected chi connectivity index (χ3v) is 3.55. The van der Waals surface area contributed by atoms with Crippen molar-refractivity contribution in [2.45, 2.75) is 20.2 Å². The lowest BCUT2D eigenvalue weighted by Crippen LogP contribution is -2.16. The average Bonchev–Trinajstić information content (AvgIpc) is 2.53. The second kappa shape index (κ2) is 5.03. The molecule has 2 aromatic rings. The molecule has 0 bridgehead atoms. The quantitative estimate of drug-likeness (QED) is 0.726. The molecular weight excluding hydrogens is 372 g/mol. The van der Waals surface area contributed by atoms with Crippen LogP contribution in [0.1, 0.15) is 11.4 Å². The predicted octanol–water partition coefficient (Wildman–Crippen LogP) is 4.26. The Kier molecular flexibility index (Phi) is 3.75. The number of hydrogen-bond donors (Lipinski definition) is 0. The van der Waals surface area contributed by atoms with Crippen LogP contribution in [-0.2, 0) is 0 Å². The van der Waals surface area contributed by atoms with Gasteiger partial charge in [-0.15, -0.1) is 13.2 Å². The van der Waals surface area contributed by atoms with E-state index in [9.17, 15) is 13.2 Å². The maximum absolute atomic E-state index is 12.1. The van der Waals surface area contributed by atoms with Gasteiger partial charge in [0.15, 0.2) is 0 Å². The summed E-state index contributed by atoms with van der Waals surface area (Å²) in [5, 5.41) is 4.26. The summed E-state index contributed by atoms with van der Waals surface area (Å²) in [6.45, 7) is 3.76. The van der Waals surface area contributed by atoms with E-state index in [-0.39, 0.29) is 5.75 Å². The summed E-state index contributed by atoms with van der Waals surface area (Å²) in [5.41, 5.74) is 3.51. The molecule has 1 aromatic carbocycles. The van der Waals surface area contributed by atoms with Crippen LogP contribution >= 0.6 is 22.9 Å². The number of aromatic nitrogens is 2. The lowest BCUT2D eigenvalue weighted by Gasteiger charge is -2.09. The summed E-state index contributed by atoms with van der Waals surface area (Å²) in [6.07, 6.45) is -4.67. The topological polar surface area (TPSA) is 27.1 Å². The number of ether oxygens (including phenoxy) is 1. The molecular formula is C12H10F3IN2O. The highest BCUT2D eigenvalue weighted by molar-refractivity contribution is 14.1. The fourth-order valence-electron chi connectivity index (χ4n) is 1.85. The van der Waals surface area contributed by atoms with Gasteiger partial charge in [0.2, 0.25) is 0 Å². The number of rotatable bonds is 2. The zero-order valence-corrected chi connectivity index (χ0v) is 12.3. The van der Waals surface area contributed by atoms with Gasteiger partial charge in [0.05, 0.1) is 34.3 Å². The molecule has 0 spiro atoms. The summed E-state index contributed by atoms with van der Waals surface area (Å²) in [6, 6.07) is 5.78. The van der Waals surface area contributed by atoms with Gasteiger partial charge in [-0.25, -0.2) is 2.90 Å². The highest BCUT2D eigenvalue weighted by Crippen LogP contribution is 2.30. The van der Waals surface area contributed by atoms with Crippen molar-refractivity contribution < 1.29 is 17.9 Å². The first kappa shape index (κ1) is 14.2. The van der Waals surface area contributed by atoms with Gasteiger partial charge >= 0.3 is 6.36 Å². The van der Waals surface area contributed by atoms with Crippen LogP contribution in [0.3, 0.4) is 0 Å². The molecule has 0 saturated heterocycles. The number of benzene rings is 1. The summed E-state index contributed by atoms with van der Waals surface area (Å²) in [5.74, 6) is -0.228. The van der Waals surface area contributed by atoms with E-state index in [4.69, 9.17) is 0 Å². The molecule has 0 N–H and O–H groups in total. The number of nitrogens with zero attached hydrogens (tertiary/aromatic N) is 2. The summed E-state index contributed by atoms with van der Waals surface area (Å²) < 4.78 is 41.7. The first-order valence-electron chi connectivity index (χ1n) is 5.36. The maximum atomic E-state index is 12.1. The Bertz CT molecular complexity index is 590. The molecule has 0 saturated carbocycles. The standard InChI is InChI=1S/C12H10F3IN2O/c1-7-11(8(2)18(16)17-7)9-3-5-10(6-4-9)19-12(13,14)15/h3-6H,1-2H3. The van der Waals surface area contributed by atoms with Gasteiger partial charge in [0.25, 0.3) is 0 Å². The van der Waals surface area contributed by atoms with Crippen LogP contribution in [0.4, 0.5) is 13.2 Å². The monoisotopic (exact) mass is 382 g/mol. The van der Waals surface area contributed by atoms with Crippen molar-refractivity contribution in [2.24, 2.45) is 0 Å². The Morgan fingerprint density at radius 3 is 2.16 bits per heavy atom. The lowest BCUT2D eigenvalue weighted by atomic mass is 10.0. The van der Waals surface area contributed by atoms with Gasteiger partial charge in [0, 0.05) is 5.56 Å². The van der Waals surface area contributed by atoms with Crippen LogP contribution in [0.15, 0.2) is 24.3 Å². The van der Waals surface area contributed by atoms with E-state index in [0.717, 1.165) is 22.5 Å². The number of aryl methyl sites for hydroxylation is 1. The normalized spacial score (nSPS) is 11.7. The van der Waals surface area contributed by atoms with Crippen LogP contribution in [0, 0.1) is 13.8 Å². The minimum absolute atomic E-state index is 0.228. The maximum Gasteiger partial charge on any atom is 0.573 e. The Labute approximate surface area is 121 Å². The molecule has 3 nitrogen and oxygen atoms in total. The molecule has 1 aromatic heterocycles. The molecule has 0 amide bonds. The number of hydrogen-bond acceptors (Lipinski definition) is 2. The van der Waals surface area contributed by atoms with Gasteiger partial charge in [-0.2, -0.15) is 5.10 Å². The van der Waals surface area contributed by atoms with Crippen LogP contribution in [0.2, 0.25) is 0 Å². The van der Waals surface area contributed by atoms with Crippen LogP contribution in [-0.4, -0.2) is 14.4 Å². The van der Waals surface area contributed by atoms with E-state index in [1.54, 1.807) is 15.0 Å². The first-order valence-corrected chi connectivity index (χ1v) is 6.33. The van der Waals surface area contributed by atoms with Gasteiger partial charge in [-0.05, 0) is 31.5 Å². The Hall–Kier alpha value is -1.25. The van der Waals surface area contributed by atoms with Gasteiger partial charge < -0.3 is 4.74 Å². The molecule has 0 aliphatic carbocycles. The second-order valence-electron chi connectivity index (χ2n) is 3.98. The zero-order valence-electron chi connectivity index (χ0n) is 10.1. The number of alkyl halides is 3. The van der Waals surface area contributed by atoms with Crippen molar-refractivity contribution in [3.8, 4) is 16.9 Å². The van der Waals surface area contributed by atoms with Gasteiger partial charge in [-0.1, -0.05) is 12.1 Å². The van der Waals surface area contributed by atoms with E-state index in [1.165, 1.54) is 12.1 Å². The highest BCUT2D eigenvalue weighted by Gasteiger charge is 2.31. The van der Waals surface area contributed by atoms with E-state index in [0.29, 0.717) is 0 Å². The van der Waals surface area contributed by atoms with Crippen molar-refractivity contribution in [1.82, 2.24) is 7.99 Å². The van der Waals surface area contributed by atoms with Crippen molar-refractivity contribution >= 4 is 22.9 Å². The first-order chi connectivity index (χ1) is 8.78. The van der Waals surface area contributed by atoms with Crippen molar-refractivity contribution in [3.63, 3.8) is 0 Å². The van der Waals surface area contributed by atoms with Crippen molar-refractivity contribution in [3.05, 3.63) is 35.7 Å². The van der Waals surface area contributed by atoms with E-state index in [1.807, 2.05) is 13.8 Å². The summed E-state index contributed by atoms with van der Waals surface area (Å²) in [4.78, 5) is 0. The molecule has 1 heterocycles. The van der Waals surface area contributed by atoms with E-state index < -0.39 is 6.36 Å². The average molecular weight is 382 g/mol. The largest absolute Gasteiger partial charge is 0.573 e. The SMILES string of the molecule is Cc1nn(I)c(C)c1-c1ccc(OC(F)(F)F)cc1. The molecule has 0 atom stereocenters. The van der Waals surface area contributed by atoms with E-state index >= 15 is 0 Å². The third kappa shape index (κ3) is 3.20. The third-order valence-electron chi connectivity index (χ3n) is 2.61. The fourth-order valence-corrected chi connectivity index (χ4v) is 2.42. The molecule has 19 heavy (non-hydrogen) atoms. The highest BCUT2D eigenvalue weighted by atomic mass is 127. The minimum Gasteiger partial charge on any atom is -0.406 e. The lowest BCUT2D eigenvalue weighted by molar-refractivity contribution is -0.274. The van der Waals surface area contributed by atoms with Crippen LogP contribution in [0.5, 0.6) is 5.75 Å².